The molecule has 3 heteroatoms. The summed E-state index contributed by atoms with van der Waals surface area (Å²) >= 11 is 0. The molecule has 0 fully saturated rings. The lowest BCUT2D eigenvalue weighted by Crippen LogP contribution is -2.37. The topological polar surface area (TPSA) is 37.4 Å². The van der Waals surface area contributed by atoms with E-state index in [0.717, 1.165) is 19.3 Å². The van der Waals surface area contributed by atoms with Gasteiger partial charge in [-0.25, -0.2) is 0 Å². The zero-order chi connectivity index (χ0) is 17.4. The molecule has 3 rings (SSSR count). The summed E-state index contributed by atoms with van der Waals surface area (Å²) < 4.78 is 0. The Balaban J connectivity index is 1.96. The minimum Gasteiger partial charge on any atom is -0.269 e. The van der Waals surface area contributed by atoms with E-state index < -0.39 is 0 Å². The zero-order valence-corrected chi connectivity index (χ0v) is 15.1. The second-order valence-electron chi connectivity index (χ2n) is 8.05. The van der Waals surface area contributed by atoms with Crippen LogP contribution in [0.4, 0.5) is 0 Å². The Bertz CT molecular complexity index is 669. The van der Waals surface area contributed by atoms with Gasteiger partial charge in [-0.15, -0.1) is 0 Å². The van der Waals surface area contributed by atoms with Crippen molar-refractivity contribution in [1.82, 2.24) is 4.90 Å². The van der Waals surface area contributed by atoms with E-state index in [1.807, 2.05) is 0 Å². The summed E-state index contributed by atoms with van der Waals surface area (Å²) in [5.74, 6) is 1.15. The standard InChI is InChI=1S/C21H27NO2/c1-13(2)9-15-5-6-18-16(11-15)12-17(10-14(3)4)21(18)22-19(23)7-8-20(22)24/h5-8,11,13-14,17,21H,9-10,12H2,1-4H3/t17-,21-/m0/s1. The summed E-state index contributed by atoms with van der Waals surface area (Å²) in [6, 6.07) is 6.51. The number of amides is 2. The van der Waals surface area contributed by atoms with Crippen molar-refractivity contribution in [3.05, 3.63) is 47.0 Å². The van der Waals surface area contributed by atoms with Crippen molar-refractivity contribution in [2.24, 2.45) is 17.8 Å². The Hall–Kier alpha value is -1.90. The van der Waals surface area contributed by atoms with Gasteiger partial charge in [-0.05, 0) is 53.7 Å². The third-order valence-corrected chi connectivity index (χ3v) is 4.99. The molecule has 3 nitrogen and oxygen atoms in total. The van der Waals surface area contributed by atoms with Crippen LogP contribution in [-0.4, -0.2) is 16.7 Å². The fourth-order valence-corrected chi connectivity index (χ4v) is 4.22. The Morgan fingerprint density at radius 2 is 1.71 bits per heavy atom. The van der Waals surface area contributed by atoms with Crippen LogP contribution in [0.25, 0.3) is 0 Å². The molecule has 0 spiro atoms. The quantitative estimate of drug-likeness (QED) is 0.765. The molecule has 1 aromatic carbocycles. The second kappa shape index (κ2) is 6.54. The van der Waals surface area contributed by atoms with Crippen molar-refractivity contribution < 1.29 is 9.59 Å². The van der Waals surface area contributed by atoms with Gasteiger partial charge in [0.15, 0.2) is 0 Å². The van der Waals surface area contributed by atoms with Gasteiger partial charge in [0.2, 0.25) is 0 Å². The predicted molar refractivity (Wildman–Crippen MR) is 95.4 cm³/mol. The molecule has 0 saturated heterocycles. The highest BCUT2D eigenvalue weighted by Gasteiger charge is 2.42. The van der Waals surface area contributed by atoms with Gasteiger partial charge in [0.1, 0.15) is 0 Å². The van der Waals surface area contributed by atoms with Crippen LogP contribution in [0.3, 0.4) is 0 Å². The highest BCUT2D eigenvalue weighted by Crippen LogP contribution is 2.44. The smallest absolute Gasteiger partial charge is 0.254 e. The second-order valence-corrected chi connectivity index (χ2v) is 8.05. The number of rotatable bonds is 5. The van der Waals surface area contributed by atoms with Gasteiger partial charge in [0.25, 0.3) is 11.8 Å². The Morgan fingerprint density at radius 1 is 1.04 bits per heavy atom. The monoisotopic (exact) mass is 325 g/mol. The summed E-state index contributed by atoms with van der Waals surface area (Å²) in [4.78, 5) is 26.0. The van der Waals surface area contributed by atoms with E-state index in [9.17, 15) is 9.59 Å². The molecule has 2 aliphatic rings. The molecule has 24 heavy (non-hydrogen) atoms. The van der Waals surface area contributed by atoms with E-state index in [-0.39, 0.29) is 17.9 Å². The summed E-state index contributed by atoms with van der Waals surface area (Å²) in [6.45, 7) is 8.86. The predicted octanol–water partition coefficient (Wildman–Crippen LogP) is 4.07. The van der Waals surface area contributed by atoms with E-state index in [1.54, 1.807) is 0 Å². The molecule has 1 aliphatic carbocycles. The van der Waals surface area contributed by atoms with E-state index >= 15 is 0 Å². The molecule has 2 amide bonds. The van der Waals surface area contributed by atoms with Crippen LogP contribution in [0.5, 0.6) is 0 Å². The Kier molecular flexibility index (Phi) is 4.62. The largest absolute Gasteiger partial charge is 0.269 e. The summed E-state index contributed by atoms with van der Waals surface area (Å²) in [5, 5.41) is 0. The number of fused-ring (bicyclic) bond motifs is 1. The molecule has 0 saturated carbocycles. The van der Waals surface area contributed by atoms with Crippen molar-refractivity contribution in [2.45, 2.75) is 53.0 Å². The zero-order valence-electron chi connectivity index (χ0n) is 15.1. The molecule has 0 N–H and O–H groups in total. The molecule has 128 valence electrons. The van der Waals surface area contributed by atoms with Gasteiger partial charge in [-0.3, -0.25) is 14.5 Å². The maximum atomic E-state index is 12.2. The fraction of sp³-hybridized carbons (Fsp3) is 0.524. The number of hydrogen-bond donors (Lipinski definition) is 0. The molecule has 1 aromatic rings. The number of carbonyl (C=O) groups excluding carboxylic acids is 2. The Labute approximate surface area is 144 Å². The van der Waals surface area contributed by atoms with E-state index in [0.29, 0.717) is 17.8 Å². The SMILES string of the molecule is CC(C)Cc1ccc2c(c1)C[C@H](CC(C)C)[C@@H]2N1C(=O)C=CC1=O. The minimum absolute atomic E-state index is 0.106. The van der Waals surface area contributed by atoms with Crippen molar-refractivity contribution in [3.8, 4) is 0 Å². The van der Waals surface area contributed by atoms with Crippen molar-refractivity contribution in [1.29, 1.82) is 0 Å². The number of benzene rings is 1. The number of carbonyl (C=O) groups is 2. The van der Waals surface area contributed by atoms with E-state index in [2.05, 4.69) is 45.9 Å². The van der Waals surface area contributed by atoms with Crippen molar-refractivity contribution >= 4 is 11.8 Å². The van der Waals surface area contributed by atoms with Gasteiger partial charge < -0.3 is 0 Å². The lowest BCUT2D eigenvalue weighted by Gasteiger charge is -2.29. The molecule has 0 bridgehead atoms. The molecule has 1 aliphatic heterocycles. The third-order valence-electron chi connectivity index (χ3n) is 4.99. The van der Waals surface area contributed by atoms with Crippen LogP contribution >= 0.6 is 0 Å². The van der Waals surface area contributed by atoms with Crippen LogP contribution < -0.4 is 0 Å². The lowest BCUT2D eigenvalue weighted by molar-refractivity contribution is -0.140. The summed E-state index contributed by atoms with van der Waals surface area (Å²) in [7, 11) is 0. The first-order valence-electron chi connectivity index (χ1n) is 9.03. The first-order chi connectivity index (χ1) is 11.4. The van der Waals surface area contributed by atoms with Crippen molar-refractivity contribution in [2.75, 3.05) is 0 Å². The maximum Gasteiger partial charge on any atom is 0.254 e. The average Bonchev–Trinajstić information content (AvgIpc) is 2.97. The van der Waals surface area contributed by atoms with Crippen LogP contribution in [-0.2, 0) is 22.4 Å². The normalized spacial score (nSPS) is 23.0. The maximum absolute atomic E-state index is 12.2. The average molecular weight is 325 g/mol. The van der Waals surface area contributed by atoms with Gasteiger partial charge in [0, 0.05) is 12.2 Å². The van der Waals surface area contributed by atoms with Crippen LogP contribution in [0.15, 0.2) is 30.4 Å². The molecule has 0 unspecified atom stereocenters. The Morgan fingerprint density at radius 3 is 2.29 bits per heavy atom. The van der Waals surface area contributed by atoms with E-state index in [1.165, 1.54) is 33.7 Å². The number of nitrogens with zero attached hydrogens (tertiary/aromatic N) is 1. The fourth-order valence-electron chi connectivity index (χ4n) is 4.22. The lowest BCUT2D eigenvalue weighted by atomic mass is 9.90. The van der Waals surface area contributed by atoms with Crippen LogP contribution in [0.2, 0.25) is 0 Å². The molecular formula is C21H27NO2. The van der Waals surface area contributed by atoms with Gasteiger partial charge in [0.05, 0.1) is 6.04 Å². The highest BCUT2D eigenvalue weighted by atomic mass is 16.2. The van der Waals surface area contributed by atoms with Gasteiger partial charge in [-0.2, -0.15) is 0 Å². The van der Waals surface area contributed by atoms with Crippen molar-refractivity contribution in [3.63, 3.8) is 0 Å². The van der Waals surface area contributed by atoms with Crippen LogP contribution in [0.1, 0.15) is 56.8 Å². The molecular weight excluding hydrogens is 298 g/mol. The van der Waals surface area contributed by atoms with Gasteiger partial charge in [-0.1, -0.05) is 45.9 Å². The molecule has 0 radical (unpaired) electrons. The number of imide groups is 1. The first kappa shape index (κ1) is 16.9. The summed E-state index contributed by atoms with van der Waals surface area (Å²) in [5.41, 5.74) is 3.83. The third kappa shape index (κ3) is 3.17. The summed E-state index contributed by atoms with van der Waals surface area (Å²) in [6.07, 6.45) is 5.85. The molecule has 2 atom stereocenters. The van der Waals surface area contributed by atoms with E-state index in [4.69, 9.17) is 0 Å². The van der Waals surface area contributed by atoms with Crippen LogP contribution in [0, 0.1) is 17.8 Å². The first-order valence-corrected chi connectivity index (χ1v) is 9.03. The number of hydrogen-bond acceptors (Lipinski definition) is 2. The highest BCUT2D eigenvalue weighted by molar-refractivity contribution is 6.13. The minimum atomic E-state index is -0.169. The molecule has 0 aromatic heterocycles. The molecule has 1 heterocycles. The van der Waals surface area contributed by atoms with Gasteiger partial charge >= 0.3 is 0 Å².